The van der Waals surface area contributed by atoms with Crippen LogP contribution in [0.5, 0.6) is 5.75 Å². The van der Waals surface area contributed by atoms with Crippen LogP contribution in [0.3, 0.4) is 0 Å². The van der Waals surface area contributed by atoms with Gasteiger partial charge < -0.3 is 14.4 Å². The Hall–Kier alpha value is -3.44. The van der Waals surface area contributed by atoms with Crippen molar-refractivity contribution < 1.29 is 9.84 Å². The van der Waals surface area contributed by atoms with Gasteiger partial charge >= 0.3 is 0 Å². The Balaban J connectivity index is 1.67. The lowest BCUT2D eigenvalue weighted by Crippen LogP contribution is -2.22. The van der Waals surface area contributed by atoms with Gasteiger partial charge in [0, 0.05) is 16.5 Å². The molecule has 3 heterocycles. The first-order valence-electron chi connectivity index (χ1n) is 9.18. The Kier molecular flexibility index (Phi) is 3.95. The molecule has 0 aliphatic carbocycles. The van der Waals surface area contributed by atoms with Crippen LogP contribution < -0.4 is 10.3 Å². The lowest BCUT2D eigenvalue weighted by atomic mass is 10.1. The van der Waals surface area contributed by atoms with E-state index in [0.29, 0.717) is 18.7 Å². The summed E-state index contributed by atoms with van der Waals surface area (Å²) in [5.74, 6) is 0.762. The average Bonchev–Trinajstić information content (AvgIpc) is 3.11. The maximum atomic E-state index is 12.7. The van der Waals surface area contributed by atoms with Gasteiger partial charge in [0.2, 0.25) is 0 Å². The quantitative estimate of drug-likeness (QED) is 0.526. The van der Waals surface area contributed by atoms with Gasteiger partial charge in [0.1, 0.15) is 12.4 Å². The van der Waals surface area contributed by atoms with Crippen LogP contribution in [0, 0.1) is 0 Å². The van der Waals surface area contributed by atoms with E-state index in [1.54, 1.807) is 10.6 Å². The van der Waals surface area contributed by atoms with Crippen LogP contribution in [0.25, 0.3) is 22.3 Å². The molecule has 0 saturated heterocycles. The molecule has 1 N–H and O–H groups in total. The Bertz CT molecular complexity index is 1250. The van der Waals surface area contributed by atoms with E-state index in [1.807, 2.05) is 60.7 Å². The zero-order valence-corrected chi connectivity index (χ0v) is 15.1. The number of aliphatic hydroxyl groups excluding tert-OH is 1. The second-order valence-corrected chi connectivity index (χ2v) is 6.85. The summed E-state index contributed by atoms with van der Waals surface area (Å²) in [6, 6.07) is 21.4. The molecule has 5 nitrogen and oxygen atoms in total. The van der Waals surface area contributed by atoms with E-state index in [2.05, 4.69) is 0 Å². The Morgan fingerprint density at radius 2 is 1.79 bits per heavy atom. The zero-order valence-electron chi connectivity index (χ0n) is 15.1. The number of hydrogen-bond donors (Lipinski definition) is 1. The molecule has 0 fully saturated rings. The van der Waals surface area contributed by atoms with Gasteiger partial charge in [-0.25, -0.2) is 4.98 Å². The van der Waals surface area contributed by atoms with Crippen molar-refractivity contribution in [3.8, 4) is 17.1 Å². The molecule has 4 aromatic rings. The second-order valence-electron chi connectivity index (χ2n) is 6.85. The van der Waals surface area contributed by atoms with Crippen molar-refractivity contribution in [1.82, 2.24) is 9.55 Å². The zero-order chi connectivity index (χ0) is 19.1. The summed E-state index contributed by atoms with van der Waals surface area (Å²) in [4.78, 5) is 17.5. The SMILES string of the molecule is O=c1c(CO)ccc2n1Cc1c-2nc2ccccc2c1OCc1ccccc1. The molecule has 2 aromatic carbocycles. The normalized spacial score (nSPS) is 12.0. The van der Waals surface area contributed by atoms with Crippen molar-refractivity contribution >= 4 is 10.9 Å². The van der Waals surface area contributed by atoms with Gasteiger partial charge in [-0.3, -0.25) is 4.79 Å². The third-order valence-corrected chi connectivity index (χ3v) is 5.15. The van der Waals surface area contributed by atoms with Crippen molar-refractivity contribution in [2.75, 3.05) is 0 Å². The molecule has 28 heavy (non-hydrogen) atoms. The number of benzene rings is 2. The summed E-state index contributed by atoms with van der Waals surface area (Å²) >= 11 is 0. The van der Waals surface area contributed by atoms with Crippen LogP contribution >= 0.6 is 0 Å². The molecule has 0 radical (unpaired) electrons. The van der Waals surface area contributed by atoms with Crippen molar-refractivity contribution in [3.63, 3.8) is 0 Å². The summed E-state index contributed by atoms with van der Waals surface area (Å²) in [6.07, 6.45) is 0. The van der Waals surface area contributed by atoms with Crippen molar-refractivity contribution in [3.05, 3.63) is 93.8 Å². The fourth-order valence-electron chi connectivity index (χ4n) is 3.74. The Morgan fingerprint density at radius 3 is 2.61 bits per heavy atom. The second kappa shape index (κ2) is 6.62. The summed E-state index contributed by atoms with van der Waals surface area (Å²) < 4.78 is 7.94. The number of fused-ring (bicyclic) bond motifs is 4. The molecule has 1 aliphatic heterocycles. The van der Waals surface area contributed by atoms with Gasteiger partial charge in [0.25, 0.3) is 5.56 Å². The fraction of sp³-hybridized carbons (Fsp3) is 0.130. The van der Waals surface area contributed by atoms with Gasteiger partial charge in [0.05, 0.1) is 30.1 Å². The van der Waals surface area contributed by atoms with Gasteiger partial charge in [-0.15, -0.1) is 0 Å². The number of rotatable bonds is 4. The summed E-state index contributed by atoms with van der Waals surface area (Å²) in [6.45, 7) is 0.552. The molecule has 5 rings (SSSR count). The summed E-state index contributed by atoms with van der Waals surface area (Å²) in [5, 5.41) is 10.4. The standard InChI is InChI=1S/C23H18N2O3/c26-13-16-10-11-20-21-18(12-25(20)23(16)27)22(17-8-4-5-9-19(17)24-21)28-14-15-6-2-1-3-7-15/h1-11,26H,12-14H2. The molecule has 0 spiro atoms. The predicted octanol–water partition coefficient (Wildman–Crippen LogP) is 3.50. The maximum Gasteiger partial charge on any atom is 0.256 e. The van der Waals surface area contributed by atoms with Crippen LogP contribution in [0.4, 0.5) is 0 Å². The van der Waals surface area contributed by atoms with E-state index < -0.39 is 0 Å². The van der Waals surface area contributed by atoms with E-state index in [4.69, 9.17) is 9.72 Å². The van der Waals surface area contributed by atoms with E-state index in [9.17, 15) is 9.90 Å². The van der Waals surface area contributed by atoms with Crippen molar-refractivity contribution in [2.24, 2.45) is 0 Å². The highest BCUT2D eigenvalue weighted by molar-refractivity contribution is 5.90. The summed E-state index contributed by atoms with van der Waals surface area (Å²) in [5.41, 5.74) is 4.53. The topological polar surface area (TPSA) is 64.3 Å². The first-order valence-corrected chi connectivity index (χ1v) is 9.18. The van der Waals surface area contributed by atoms with E-state index in [1.165, 1.54) is 0 Å². The molecular weight excluding hydrogens is 352 g/mol. The molecule has 0 amide bonds. The van der Waals surface area contributed by atoms with E-state index >= 15 is 0 Å². The highest BCUT2D eigenvalue weighted by atomic mass is 16.5. The lowest BCUT2D eigenvalue weighted by Gasteiger charge is -2.13. The number of ether oxygens (including phenoxy) is 1. The van der Waals surface area contributed by atoms with Crippen LogP contribution in [0.1, 0.15) is 16.7 Å². The van der Waals surface area contributed by atoms with Crippen LogP contribution in [0.15, 0.2) is 71.5 Å². The maximum absolute atomic E-state index is 12.7. The third-order valence-electron chi connectivity index (χ3n) is 5.15. The first-order chi connectivity index (χ1) is 13.8. The smallest absolute Gasteiger partial charge is 0.256 e. The van der Waals surface area contributed by atoms with Crippen molar-refractivity contribution in [2.45, 2.75) is 19.8 Å². The third kappa shape index (κ3) is 2.60. The minimum atomic E-state index is -0.276. The molecule has 0 atom stereocenters. The van der Waals surface area contributed by atoms with Crippen LogP contribution in [0.2, 0.25) is 0 Å². The van der Waals surface area contributed by atoms with Crippen molar-refractivity contribution in [1.29, 1.82) is 0 Å². The van der Waals surface area contributed by atoms with Gasteiger partial charge in [-0.2, -0.15) is 0 Å². The van der Waals surface area contributed by atoms with Gasteiger partial charge in [-0.1, -0.05) is 42.5 Å². The molecular formula is C23H18N2O3. The predicted molar refractivity (Wildman–Crippen MR) is 107 cm³/mol. The lowest BCUT2D eigenvalue weighted by molar-refractivity contribution is 0.279. The van der Waals surface area contributed by atoms with E-state index in [0.717, 1.165) is 39.2 Å². The van der Waals surface area contributed by atoms with E-state index in [-0.39, 0.29) is 12.2 Å². The minimum Gasteiger partial charge on any atom is -0.488 e. The average molecular weight is 370 g/mol. The fourth-order valence-corrected chi connectivity index (χ4v) is 3.74. The van der Waals surface area contributed by atoms with Gasteiger partial charge in [-0.05, 0) is 29.8 Å². The van der Waals surface area contributed by atoms with Crippen LogP contribution in [-0.4, -0.2) is 14.7 Å². The Labute approximate surface area is 161 Å². The molecule has 0 unspecified atom stereocenters. The molecule has 0 saturated carbocycles. The molecule has 138 valence electrons. The monoisotopic (exact) mass is 370 g/mol. The van der Waals surface area contributed by atoms with Crippen LogP contribution in [-0.2, 0) is 19.8 Å². The van der Waals surface area contributed by atoms with Gasteiger partial charge in [0.15, 0.2) is 0 Å². The largest absolute Gasteiger partial charge is 0.488 e. The molecule has 5 heteroatoms. The molecule has 0 bridgehead atoms. The number of nitrogens with zero attached hydrogens (tertiary/aromatic N) is 2. The summed E-state index contributed by atoms with van der Waals surface area (Å²) in [7, 11) is 0. The number of aliphatic hydroxyl groups is 1. The number of hydrogen-bond acceptors (Lipinski definition) is 4. The highest BCUT2D eigenvalue weighted by Crippen LogP contribution is 2.40. The number of aromatic nitrogens is 2. The minimum absolute atomic E-state index is 0.184. The first kappa shape index (κ1) is 16.7. The molecule has 1 aliphatic rings. The highest BCUT2D eigenvalue weighted by Gasteiger charge is 2.27. The Morgan fingerprint density at radius 1 is 1.00 bits per heavy atom. The number of para-hydroxylation sites is 1. The number of pyridine rings is 2. The molecule has 2 aromatic heterocycles.